The van der Waals surface area contributed by atoms with Crippen molar-refractivity contribution >= 4 is 29.0 Å². The molecule has 33 heavy (non-hydrogen) atoms. The zero-order chi connectivity index (χ0) is 22.3. The van der Waals surface area contributed by atoms with Crippen LogP contribution in [0.15, 0.2) is 60.1 Å². The van der Waals surface area contributed by atoms with Gasteiger partial charge in [0.2, 0.25) is 5.95 Å². The van der Waals surface area contributed by atoms with Crippen molar-refractivity contribution in [1.29, 1.82) is 0 Å². The quantitative estimate of drug-likeness (QED) is 0.315. The lowest BCUT2D eigenvalue weighted by Crippen LogP contribution is -2.37. The van der Waals surface area contributed by atoms with E-state index >= 15 is 0 Å². The lowest BCUT2D eigenvalue weighted by atomic mass is 10.2. The maximum Gasteiger partial charge on any atom is 0.323 e. The molecule has 0 aliphatic carbocycles. The molecule has 2 N–H and O–H groups in total. The molecule has 0 spiro atoms. The van der Waals surface area contributed by atoms with E-state index in [0.717, 1.165) is 22.0 Å². The van der Waals surface area contributed by atoms with E-state index in [9.17, 15) is 0 Å². The van der Waals surface area contributed by atoms with Crippen molar-refractivity contribution in [2.45, 2.75) is 6.42 Å². The number of hydrazone groups is 1. The van der Waals surface area contributed by atoms with Gasteiger partial charge in [-0.2, -0.15) is 20.1 Å². The number of fused-ring (bicyclic) bond motifs is 1. The number of H-pyrrole nitrogens is 1. The molecule has 168 valence electrons. The molecule has 1 aliphatic heterocycles. The summed E-state index contributed by atoms with van der Waals surface area (Å²) < 4.78 is 11.3. The van der Waals surface area contributed by atoms with Crippen LogP contribution in [0.1, 0.15) is 11.1 Å². The van der Waals surface area contributed by atoms with E-state index in [4.69, 9.17) is 9.47 Å². The minimum absolute atomic E-state index is 0.250. The molecule has 0 saturated carbocycles. The fourth-order valence-electron chi connectivity index (χ4n) is 3.53. The molecule has 1 fully saturated rings. The number of morpholine rings is 1. The number of hydrogen-bond donors (Lipinski definition) is 2. The highest BCUT2D eigenvalue weighted by molar-refractivity contribution is 5.99. The van der Waals surface area contributed by atoms with Crippen LogP contribution in [0.3, 0.4) is 0 Å². The average Bonchev–Trinajstić information content (AvgIpc) is 3.28. The van der Waals surface area contributed by atoms with Gasteiger partial charge < -0.3 is 19.4 Å². The second-order valence-corrected chi connectivity index (χ2v) is 7.46. The Labute approximate surface area is 190 Å². The van der Waals surface area contributed by atoms with Gasteiger partial charge in [-0.3, -0.25) is 4.98 Å². The van der Waals surface area contributed by atoms with Gasteiger partial charge in [0.05, 0.1) is 26.0 Å². The summed E-state index contributed by atoms with van der Waals surface area (Å²) in [5.41, 5.74) is 6.03. The largest absolute Gasteiger partial charge is 0.463 e. The van der Waals surface area contributed by atoms with E-state index in [1.54, 1.807) is 12.4 Å². The zero-order valence-corrected chi connectivity index (χ0v) is 18.0. The molecule has 0 amide bonds. The topological polar surface area (TPSA) is 113 Å². The summed E-state index contributed by atoms with van der Waals surface area (Å²) in [5.74, 6) is 0.855. The third-order valence-corrected chi connectivity index (χ3v) is 5.23. The molecule has 4 heterocycles. The summed E-state index contributed by atoms with van der Waals surface area (Å²) in [6.07, 6.45) is 7.92. The first-order valence-electron chi connectivity index (χ1n) is 10.8. The number of ether oxygens (including phenoxy) is 2. The smallest absolute Gasteiger partial charge is 0.323 e. The van der Waals surface area contributed by atoms with Gasteiger partial charge in [-0.25, -0.2) is 5.43 Å². The second kappa shape index (κ2) is 10.0. The highest BCUT2D eigenvalue weighted by atomic mass is 16.5. The first kappa shape index (κ1) is 20.8. The molecule has 1 saturated heterocycles. The summed E-state index contributed by atoms with van der Waals surface area (Å²) in [5, 5.41) is 5.42. The summed E-state index contributed by atoms with van der Waals surface area (Å²) in [6, 6.07) is 12.2. The van der Waals surface area contributed by atoms with Crippen molar-refractivity contribution in [2.24, 2.45) is 5.10 Å². The molecule has 1 aromatic carbocycles. The van der Waals surface area contributed by atoms with Crippen LogP contribution < -0.4 is 15.1 Å². The van der Waals surface area contributed by atoms with Gasteiger partial charge in [-0.1, -0.05) is 24.3 Å². The molecule has 0 radical (unpaired) electrons. The standard InChI is InChI=1S/C23H24N8O2/c1-2-6-20-19(5-1)18(15-25-20)16-26-30-21-27-22(31-9-12-32-13-10-31)29-23(28-21)33-11-7-17-4-3-8-24-14-17/h1-6,8,14-16,25H,7,9-13H2,(H,27,28,29,30)/b26-16+. The Bertz CT molecular complexity index is 1220. The molecule has 10 heteroatoms. The Balaban J connectivity index is 1.31. The number of aromatic nitrogens is 5. The van der Waals surface area contributed by atoms with E-state index in [0.29, 0.717) is 51.2 Å². The highest BCUT2D eigenvalue weighted by Gasteiger charge is 2.17. The monoisotopic (exact) mass is 444 g/mol. The molecule has 3 aromatic heterocycles. The average molecular weight is 444 g/mol. The van der Waals surface area contributed by atoms with Crippen molar-refractivity contribution < 1.29 is 9.47 Å². The molecular weight excluding hydrogens is 420 g/mol. The van der Waals surface area contributed by atoms with Crippen LogP contribution in [0, 0.1) is 0 Å². The molecular formula is C23H24N8O2. The van der Waals surface area contributed by atoms with Gasteiger partial charge >= 0.3 is 6.01 Å². The van der Waals surface area contributed by atoms with Crippen LogP contribution in [0.2, 0.25) is 0 Å². The van der Waals surface area contributed by atoms with Gasteiger partial charge in [0, 0.05) is 54.6 Å². The first-order chi connectivity index (χ1) is 16.3. The minimum Gasteiger partial charge on any atom is -0.463 e. The Morgan fingerprint density at radius 2 is 2.03 bits per heavy atom. The zero-order valence-electron chi connectivity index (χ0n) is 18.0. The van der Waals surface area contributed by atoms with Crippen molar-refractivity contribution in [1.82, 2.24) is 24.9 Å². The number of nitrogens with zero attached hydrogens (tertiary/aromatic N) is 6. The number of hydrogen-bond acceptors (Lipinski definition) is 9. The SMILES string of the molecule is C(=N\Nc1nc(OCCc2cccnc2)nc(N2CCOCC2)n1)/c1c[nH]c2ccccc12. The molecule has 1 aliphatic rings. The number of rotatable bonds is 8. The van der Waals surface area contributed by atoms with E-state index in [1.807, 2.05) is 53.7 Å². The van der Waals surface area contributed by atoms with E-state index in [2.05, 4.69) is 35.4 Å². The minimum atomic E-state index is 0.250. The molecule has 0 atom stereocenters. The van der Waals surface area contributed by atoms with E-state index in [1.165, 1.54) is 0 Å². The molecule has 5 rings (SSSR count). The Morgan fingerprint density at radius 3 is 2.91 bits per heavy atom. The molecule has 10 nitrogen and oxygen atoms in total. The van der Waals surface area contributed by atoms with E-state index in [-0.39, 0.29) is 6.01 Å². The fraction of sp³-hybridized carbons (Fsp3) is 0.261. The van der Waals surface area contributed by atoms with Crippen molar-refractivity contribution in [3.8, 4) is 6.01 Å². The van der Waals surface area contributed by atoms with Crippen LogP contribution in [-0.2, 0) is 11.2 Å². The third-order valence-electron chi connectivity index (χ3n) is 5.23. The van der Waals surface area contributed by atoms with Crippen LogP contribution in [0.25, 0.3) is 10.9 Å². The fourth-order valence-corrected chi connectivity index (χ4v) is 3.53. The normalized spacial score (nSPS) is 14.1. The number of para-hydroxylation sites is 1. The Morgan fingerprint density at radius 1 is 1.12 bits per heavy atom. The summed E-state index contributed by atoms with van der Waals surface area (Å²) in [7, 11) is 0. The van der Waals surface area contributed by atoms with Gasteiger partial charge in [0.25, 0.3) is 5.95 Å². The lowest BCUT2D eigenvalue weighted by Gasteiger charge is -2.26. The molecule has 0 unspecified atom stereocenters. The van der Waals surface area contributed by atoms with Crippen LogP contribution in [0.4, 0.5) is 11.9 Å². The predicted molar refractivity (Wildman–Crippen MR) is 126 cm³/mol. The van der Waals surface area contributed by atoms with Crippen LogP contribution in [-0.4, -0.2) is 64.0 Å². The van der Waals surface area contributed by atoms with Gasteiger partial charge in [0.15, 0.2) is 0 Å². The van der Waals surface area contributed by atoms with Gasteiger partial charge in [-0.15, -0.1) is 0 Å². The van der Waals surface area contributed by atoms with E-state index < -0.39 is 0 Å². The number of anilines is 2. The first-order valence-corrected chi connectivity index (χ1v) is 10.8. The number of nitrogens with one attached hydrogen (secondary N) is 2. The van der Waals surface area contributed by atoms with Crippen LogP contribution >= 0.6 is 0 Å². The predicted octanol–water partition coefficient (Wildman–Crippen LogP) is 2.65. The maximum absolute atomic E-state index is 5.85. The number of aromatic amines is 1. The molecule has 4 aromatic rings. The van der Waals surface area contributed by atoms with Crippen molar-refractivity contribution in [3.05, 3.63) is 66.1 Å². The Hall–Kier alpha value is -4.05. The lowest BCUT2D eigenvalue weighted by molar-refractivity contribution is 0.122. The van der Waals surface area contributed by atoms with Crippen LogP contribution in [0.5, 0.6) is 6.01 Å². The number of pyridine rings is 1. The van der Waals surface area contributed by atoms with Gasteiger partial charge in [-0.05, 0) is 17.7 Å². The summed E-state index contributed by atoms with van der Waals surface area (Å²) in [4.78, 5) is 22.8. The van der Waals surface area contributed by atoms with Crippen molar-refractivity contribution in [2.75, 3.05) is 43.2 Å². The number of benzene rings is 1. The third kappa shape index (κ3) is 5.24. The molecule has 0 bridgehead atoms. The highest BCUT2D eigenvalue weighted by Crippen LogP contribution is 2.18. The van der Waals surface area contributed by atoms with Crippen molar-refractivity contribution in [3.63, 3.8) is 0 Å². The Kier molecular flexibility index (Phi) is 6.34. The maximum atomic E-state index is 5.85. The van der Waals surface area contributed by atoms with Gasteiger partial charge in [0.1, 0.15) is 0 Å². The summed E-state index contributed by atoms with van der Waals surface area (Å²) >= 11 is 0. The summed E-state index contributed by atoms with van der Waals surface area (Å²) in [6.45, 7) is 3.10. The second-order valence-electron chi connectivity index (χ2n) is 7.46.